The fourth-order valence-electron chi connectivity index (χ4n) is 3.32. The lowest BCUT2D eigenvalue weighted by atomic mass is 9.91. The molecule has 0 spiro atoms. The molecule has 110 valence electrons. The van der Waals surface area contributed by atoms with Gasteiger partial charge in [-0.2, -0.15) is 8.42 Å². The van der Waals surface area contributed by atoms with E-state index in [2.05, 4.69) is 4.90 Å². The van der Waals surface area contributed by atoms with Gasteiger partial charge in [-0.25, -0.2) is 0 Å². The van der Waals surface area contributed by atoms with Gasteiger partial charge in [0.05, 0.1) is 11.0 Å². The Morgan fingerprint density at radius 3 is 2.55 bits per heavy atom. The summed E-state index contributed by atoms with van der Waals surface area (Å²) >= 11 is 0. The highest BCUT2D eigenvalue weighted by molar-refractivity contribution is 7.86. The van der Waals surface area contributed by atoms with Crippen LogP contribution < -0.4 is 0 Å². The monoisotopic (exact) mass is 295 g/mol. The first-order valence-corrected chi connectivity index (χ1v) is 8.80. The van der Waals surface area contributed by atoms with Crippen molar-refractivity contribution in [3.8, 4) is 0 Å². The summed E-state index contributed by atoms with van der Waals surface area (Å²) in [5.74, 6) is 0. The maximum atomic E-state index is 12.3. The molecule has 3 rings (SSSR count). The molecular weight excluding hydrogens is 274 g/mol. The maximum absolute atomic E-state index is 12.3. The second-order valence-electron chi connectivity index (χ2n) is 5.64. The largest absolute Gasteiger partial charge is 0.298 e. The van der Waals surface area contributed by atoms with Crippen LogP contribution in [0, 0.1) is 0 Å². The van der Waals surface area contributed by atoms with Crippen molar-refractivity contribution in [2.24, 2.45) is 0 Å². The van der Waals surface area contributed by atoms with Gasteiger partial charge in [0.2, 0.25) is 0 Å². The lowest BCUT2D eigenvalue weighted by molar-refractivity contribution is 0.00891. The van der Waals surface area contributed by atoms with E-state index < -0.39 is 10.1 Å². The zero-order valence-electron chi connectivity index (χ0n) is 11.6. The smallest absolute Gasteiger partial charge is 0.297 e. The van der Waals surface area contributed by atoms with Crippen LogP contribution in [0.3, 0.4) is 0 Å². The molecular formula is C15H21NO3S. The molecule has 2 fully saturated rings. The average Bonchev–Trinajstić information content (AvgIpc) is 2.48. The van der Waals surface area contributed by atoms with Gasteiger partial charge in [-0.3, -0.25) is 9.08 Å². The van der Waals surface area contributed by atoms with Gasteiger partial charge >= 0.3 is 0 Å². The molecule has 0 unspecified atom stereocenters. The Morgan fingerprint density at radius 1 is 1.00 bits per heavy atom. The number of piperidine rings is 2. The van der Waals surface area contributed by atoms with Crippen LogP contribution in [0.1, 0.15) is 32.1 Å². The van der Waals surface area contributed by atoms with Gasteiger partial charge in [0.25, 0.3) is 10.1 Å². The average molecular weight is 295 g/mol. The number of fused-ring (bicyclic) bond motifs is 1. The van der Waals surface area contributed by atoms with Gasteiger partial charge in [-0.15, -0.1) is 0 Å². The first-order valence-electron chi connectivity index (χ1n) is 7.39. The Balaban J connectivity index is 1.76. The molecule has 4 nitrogen and oxygen atoms in total. The Kier molecular flexibility index (Phi) is 4.10. The van der Waals surface area contributed by atoms with Crippen molar-refractivity contribution in [2.75, 3.05) is 13.1 Å². The summed E-state index contributed by atoms with van der Waals surface area (Å²) in [6.07, 6.45) is 5.11. The SMILES string of the molecule is O=S(=O)(O[C@H]1CCCN2CCCC[C@@H]12)c1ccccc1. The number of rotatable bonds is 3. The quantitative estimate of drug-likeness (QED) is 0.803. The van der Waals surface area contributed by atoms with Crippen molar-refractivity contribution in [3.63, 3.8) is 0 Å². The van der Waals surface area contributed by atoms with E-state index in [1.807, 2.05) is 6.07 Å². The van der Waals surface area contributed by atoms with Gasteiger partial charge < -0.3 is 0 Å². The van der Waals surface area contributed by atoms with Crippen molar-refractivity contribution in [3.05, 3.63) is 30.3 Å². The Labute approximate surface area is 120 Å². The zero-order valence-corrected chi connectivity index (χ0v) is 12.4. The van der Waals surface area contributed by atoms with E-state index >= 15 is 0 Å². The van der Waals surface area contributed by atoms with Gasteiger partial charge in [-0.05, 0) is 50.9 Å². The highest BCUT2D eigenvalue weighted by Gasteiger charge is 2.36. The number of nitrogens with zero attached hydrogens (tertiary/aromatic N) is 1. The van der Waals surface area contributed by atoms with E-state index in [-0.39, 0.29) is 17.0 Å². The second-order valence-corrected chi connectivity index (χ2v) is 7.22. The lowest BCUT2D eigenvalue weighted by Crippen LogP contribution is -2.51. The van der Waals surface area contributed by atoms with Crippen molar-refractivity contribution in [1.82, 2.24) is 4.90 Å². The second kappa shape index (κ2) is 5.84. The molecule has 2 aliphatic heterocycles. The van der Waals surface area contributed by atoms with E-state index in [1.165, 1.54) is 12.8 Å². The number of hydrogen-bond acceptors (Lipinski definition) is 4. The van der Waals surface area contributed by atoms with Crippen LogP contribution in [0.4, 0.5) is 0 Å². The molecule has 0 saturated carbocycles. The van der Waals surface area contributed by atoms with Crippen molar-refractivity contribution < 1.29 is 12.6 Å². The Morgan fingerprint density at radius 2 is 1.75 bits per heavy atom. The van der Waals surface area contributed by atoms with E-state index in [9.17, 15) is 8.42 Å². The number of benzene rings is 1. The summed E-state index contributed by atoms with van der Waals surface area (Å²) in [6.45, 7) is 2.16. The minimum absolute atomic E-state index is 0.186. The molecule has 2 atom stereocenters. The molecule has 2 aliphatic rings. The molecule has 1 aromatic carbocycles. The minimum atomic E-state index is -3.64. The van der Waals surface area contributed by atoms with Crippen molar-refractivity contribution >= 4 is 10.1 Å². The molecule has 5 heteroatoms. The zero-order chi connectivity index (χ0) is 14.0. The van der Waals surface area contributed by atoms with Crippen molar-refractivity contribution in [1.29, 1.82) is 0 Å². The highest BCUT2D eigenvalue weighted by atomic mass is 32.2. The van der Waals surface area contributed by atoms with Crippen LogP contribution in [-0.2, 0) is 14.3 Å². The van der Waals surface area contributed by atoms with Crippen LogP contribution in [0.25, 0.3) is 0 Å². The van der Waals surface area contributed by atoms with Gasteiger partial charge in [0, 0.05) is 6.04 Å². The topological polar surface area (TPSA) is 46.6 Å². The standard InChI is InChI=1S/C15H21NO3S/c17-20(18,13-7-2-1-3-8-13)19-15-10-6-12-16-11-5-4-9-14(15)16/h1-3,7-8,14-15H,4-6,9-12H2/t14-,15-/m0/s1. The molecule has 2 saturated heterocycles. The molecule has 2 heterocycles. The first kappa shape index (κ1) is 14.0. The van der Waals surface area contributed by atoms with E-state index in [0.717, 1.165) is 32.4 Å². The predicted octanol–water partition coefficient (Wildman–Crippen LogP) is 2.41. The molecule has 0 radical (unpaired) electrons. The van der Waals surface area contributed by atoms with Crippen LogP contribution in [0.5, 0.6) is 0 Å². The molecule has 0 N–H and O–H groups in total. The molecule has 0 bridgehead atoms. The summed E-state index contributed by atoms with van der Waals surface area (Å²) in [5, 5.41) is 0. The van der Waals surface area contributed by atoms with E-state index in [1.54, 1.807) is 24.3 Å². The normalized spacial score (nSPS) is 28.0. The van der Waals surface area contributed by atoms with Crippen LogP contribution in [0.15, 0.2) is 35.2 Å². The Bertz CT molecular complexity index is 541. The third-order valence-corrected chi connectivity index (χ3v) is 5.66. The third-order valence-electron chi connectivity index (χ3n) is 4.31. The molecule has 20 heavy (non-hydrogen) atoms. The van der Waals surface area contributed by atoms with Gasteiger partial charge in [0.1, 0.15) is 0 Å². The maximum Gasteiger partial charge on any atom is 0.297 e. The fraction of sp³-hybridized carbons (Fsp3) is 0.600. The Hall–Kier alpha value is -0.910. The lowest BCUT2D eigenvalue weighted by Gasteiger charge is -2.43. The predicted molar refractivity (Wildman–Crippen MR) is 76.9 cm³/mol. The van der Waals surface area contributed by atoms with Crippen LogP contribution in [0.2, 0.25) is 0 Å². The van der Waals surface area contributed by atoms with Crippen LogP contribution >= 0.6 is 0 Å². The van der Waals surface area contributed by atoms with Crippen molar-refractivity contribution in [2.45, 2.75) is 49.1 Å². The molecule has 0 aliphatic carbocycles. The molecule has 0 amide bonds. The first-order chi connectivity index (χ1) is 9.67. The summed E-state index contributed by atoms with van der Waals surface area (Å²) in [5.41, 5.74) is 0. The summed E-state index contributed by atoms with van der Waals surface area (Å²) < 4.78 is 30.2. The van der Waals surface area contributed by atoms with Crippen LogP contribution in [-0.4, -0.2) is 38.6 Å². The minimum Gasteiger partial charge on any atom is -0.298 e. The van der Waals surface area contributed by atoms with E-state index in [4.69, 9.17) is 4.18 Å². The summed E-state index contributed by atoms with van der Waals surface area (Å²) in [6, 6.07) is 8.72. The molecule has 0 aromatic heterocycles. The van der Waals surface area contributed by atoms with Gasteiger partial charge in [0.15, 0.2) is 0 Å². The summed E-state index contributed by atoms with van der Waals surface area (Å²) in [7, 11) is -3.64. The summed E-state index contributed by atoms with van der Waals surface area (Å²) in [4.78, 5) is 2.66. The fourth-order valence-corrected chi connectivity index (χ4v) is 4.47. The van der Waals surface area contributed by atoms with E-state index in [0.29, 0.717) is 0 Å². The van der Waals surface area contributed by atoms with Gasteiger partial charge in [-0.1, -0.05) is 24.6 Å². The number of hydrogen-bond donors (Lipinski definition) is 0. The molecule has 1 aromatic rings. The highest BCUT2D eigenvalue weighted by Crippen LogP contribution is 2.30. The third kappa shape index (κ3) is 2.90.